The Kier molecular flexibility index (Phi) is 5.90. The third-order valence-corrected chi connectivity index (χ3v) is 3.32. The van der Waals surface area contributed by atoms with E-state index in [0.717, 1.165) is 11.1 Å². The minimum Gasteiger partial charge on any atom is -0.336 e. The van der Waals surface area contributed by atoms with Gasteiger partial charge in [-0.3, -0.25) is 4.79 Å². The molecular weight excluding hydrogens is 300 g/mol. The third-order valence-electron chi connectivity index (χ3n) is 3.32. The first-order valence-electron chi connectivity index (χ1n) is 7.91. The second-order valence-electron chi connectivity index (χ2n) is 5.94. The summed E-state index contributed by atoms with van der Waals surface area (Å²) < 4.78 is 0. The Morgan fingerprint density at radius 1 is 1.04 bits per heavy atom. The van der Waals surface area contributed by atoms with E-state index in [4.69, 9.17) is 0 Å². The Hall–Kier alpha value is -2.88. The van der Waals surface area contributed by atoms with Crippen molar-refractivity contribution in [3.8, 4) is 0 Å². The molecule has 0 saturated carbocycles. The van der Waals surface area contributed by atoms with Crippen LogP contribution in [0.3, 0.4) is 0 Å². The summed E-state index contributed by atoms with van der Waals surface area (Å²) in [6.45, 7) is 5.80. The third kappa shape index (κ3) is 5.39. The zero-order valence-electron chi connectivity index (χ0n) is 14.2. The quantitative estimate of drug-likeness (QED) is 0.632. The summed E-state index contributed by atoms with van der Waals surface area (Å²) in [7, 11) is 0. The van der Waals surface area contributed by atoms with Gasteiger partial charge in [0.05, 0.1) is 0 Å². The van der Waals surface area contributed by atoms with Crippen molar-refractivity contribution >= 4 is 23.6 Å². The van der Waals surface area contributed by atoms with Crippen LogP contribution < -0.4 is 10.6 Å². The lowest BCUT2D eigenvalue weighted by molar-refractivity contribution is 0.104. The molecule has 0 aromatic heterocycles. The fourth-order valence-electron chi connectivity index (χ4n) is 2.19. The fraction of sp³-hybridized carbons (Fsp3) is 0.200. The number of hydrogen-bond donors (Lipinski definition) is 2. The van der Waals surface area contributed by atoms with Gasteiger partial charge in [-0.15, -0.1) is 0 Å². The summed E-state index contributed by atoms with van der Waals surface area (Å²) in [5.74, 6) is -0.0744. The van der Waals surface area contributed by atoms with Gasteiger partial charge in [0.25, 0.3) is 0 Å². The highest BCUT2D eigenvalue weighted by Crippen LogP contribution is 2.12. The Balaban J connectivity index is 1.99. The van der Waals surface area contributed by atoms with Crippen LogP contribution in [0.2, 0.25) is 0 Å². The molecule has 2 amide bonds. The van der Waals surface area contributed by atoms with Gasteiger partial charge in [0, 0.05) is 17.3 Å². The first-order valence-corrected chi connectivity index (χ1v) is 7.91. The standard InChI is InChI=1S/C20H22N2O2/c1-14(2)21-20(24)22-18-10-8-17(9-11-18)19(23)12-7-16-6-4-5-15(3)13-16/h4-14H,1-3H3,(H2,21,22,24). The molecule has 0 atom stereocenters. The molecule has 2 aromatic rings. The van der Waals surface area contributed by atoms with Crippen molar-refractivity contribution in [1.29, 1.82) is 0 Å². The maximum absolute atomic E-state index is 12.2. The summed E-state index contributed by atoms with van der Waals surface area (Å²) in [6, 6.07) is 14.6. The highest BCUT2D eigenvalue weighted by molar-refractivity contribution is 6.07. The molecule has 0 aliphatic carbocycles. The number of allylic oxidation sites excluding steroid dienone is 1. The number of amides is 2. The van der Waals surface area contributed by atoms with Crippen molar-refractivity contribution < 1.29 is 9.59 Å². The van der Waals surface area contributed by atoms with E-state index in [-0.39, 0.29) is 17.9 Å². The van der Waals surface area contributed by atoms with E-state index >= 15 is 0 Å². The Morgan fingerprint density at radius 3 is 2.38 bits per heavy atom. The number of anilines is 1. The topological polar surface area (TPSA) is 58.2 Å². The second kappa shape index (κ2) is 8.11. The molecule has 2 N–H and O–H groups in total. The van der Waals surface area contributed by atoms with Crippen LogP contribution in [0, 0.1) is 6.92 Å². The largest absolute Gasteiger partial charge is 0.336 e. The zero-order chi connectivity index (χ0) is 17.5. The SMILES string of the molecule is Cc1cccc(C=CC(=O)c2ccc(NC(=O)NC(C)C)cc2)c1. The summed E-state index contributed by atoms with van der Waals surface area (Å²) in [6.07, 6.45) is 3.36. The lowest BCUT2D eigenvalue weighted by Crippen LogP contribution is -2.34. The van der Waals surface area contributed by atoms with Crippen molar-refractivity contribution in [3.63, 3.8) is 0 Å². The van der Waals surface area contributed by atoms with Gasteiger partial charge in [0.1, 0.15) is 0 Å². The molecule has 0 fully saturated rings. The van der Waals surface area contributed by atoms with Gasteiger partial charge in [0.15, 0.2) is 5.78 Å². The van der Waals surface area contributed by atoms with Crippen LogP contribution in [-0.2, 0) is 0 Å². The Labute approximate surface area is 142 Å². The van der Waals surface area contributed by atoms with E-state index in [0.29, 0.717) is 11.3 Å². The van der Waals surface area contributed by atoms with Gasteiger partial charge >= 0.3 is 6.03 Å². The number of hydrogen-bond acceptors (Lipinski definition) is 2. The lowest BCUT2D eigenvalue weighted by atomic mass is 10.1. The molecule has 4 nitrogen and oxygen atoms in total. The number of rotatable bonds is 5. The van der Waals surface area contributed by atoms with Crippen LogP contribution in [0.5, 0.6) is 0 Å². The number of carbonyl (C=O) groups is 2. The maximum atomic E-state index is 12.2. The predicted octanol–water partition coefficient (Wildman–Crippen LogP) is 4.42. The molecule has 0 bridgehead atoms. The number of urea groups is 1. The highest BCUT2D eigenvalue weighted by Gasteiger charge is 2.05. The number of aryl methyl sites for hydroxylation is 1. The Morgan fingerprint density at radius 2 is 1.75 bits per heavy atom. The first kappa shape index (κ1) is 17.5. The molecule has 0 aliphatic heterocycles. The van der Waals surface area contributed by atoms with E-state index < -0.39 is 0 Å². The molecule has 0 saturated heterocycles. The van der Waals surface area contributed by atoms with Crippen molar-refractivity contribution in [2.75, 3.05) is 5.32 Å². The fourth-order valence-corrected chi connectivity index (χ4v) is 2.19. The summed E-state index contributed by atoms with van der Waals surface area (Å²) in [5.41, 5.74) is 3.37. The van der Waals surface area contributed by atoms with Crippen LogP contribution >= 0.6 is 0 Å². The number of nitrogens with one attached hydrogen (secondary N) is 2. The van der Waals surface area contributed by atoms with Gasteiger partial charge in [0.2, 0.25) is 0 Å². The molecule has 124 valence electrons. The average Bonchev–Trinajstić information content (AvgIpc) is 2.52. The lowest BCUT2D eigenvalue weighted by Gasteiger charge is -2.10. The average molecular weight is 322 g/mol. The summed E-state index contributed by atoms with van der Waals surface area (Å²) in [4.78, 5) is 23.8. The van der Waals surface area contributed by atoms with E-state index in [2.05, 4.69) is 10.6 Å². The molecule has 0 aliphatic rings. The number of benzene rings is 2. The molecule has 2 rings (SSSR count). The minimum absolute atomic E-state index is 0.0672. The molecule has 2 aromatic carbocycles. The van der Waals surface area contributed by atoms with Crippen LogP contribution in [0.25, 0.3) is 6.08 Å². The predicted molar refractivity (Wildman–Crippen MR) is 98.3 cm³/mol. The Bertz CT molecular complexity index is 746. The van der Waals surface area contributed by atoms with Gasteiger partial charge < -0.3 is 10.6 Å². The molecular formula is C20H22N2O2. The zero-order valence-corrected chi connectivity index (χ0v) is 14.2. The van der Waals surface area contributed by atoms with Gasteiger partial charge in [-0.05, 0) is 56.7 Å². The molecule has 0 radical (unpaired) electrons. The number of ketones is 1. The van der Waals surface area contributed by atoms with Crippen LogP contribution in [0.1, 0.15) is 35.3 Å². The second-order valence-corrected chi connectivity index (χ2v) is 5.94. The van der Waals surface area contributed by atoms with Crippen LogP contribution in [-0.4, -0.2) is 17.9 Å². The van der Waals surface area contributed by atoms with E-state index in [1.807, 2.05) is 45.0 Å². The van der Waals surface area contributed by atoms with Gasteiger partial charge in [-0.2, -0.15) is 0 Å². The number of carbonyl (C=O) groups excluding carboxylic acids is 2. The molecule has 4 heteroatoms. The molecule has 0 spiro atoms. The van der Waals surface area contributed by atoms with E-state index in [1.54, 1.807) is 36.4 Å². The van der Waals surface area contributed by atoms with E-state index in [1.165, 1.54) is 0 Å². The van der Waals surface area contributed by atoms with Crippen LogP contribution in [0.4, 0.5) is 10.5 Å². The van der Waals surface area contributed by atoms with Crippen LogP contribution in [0.15, 0.2) is 54.6 Å². The monoisotopic (exact) mass is 322 g/mol. The molecule has 0 heterocycles. The molecule has 0 unspecified atom stereocenters. The summed E-state index contributed by atoms with van der Waals surface area (Å²) in [5, 5.41) is 5.47. The smallest absolute Gasteiger partial charge is 0.319 e. The highest BCUT2D eigenvalue weighted by atomic mass is 16.2. The minimum atomic E-state index is -0.261. The maximum Gasteiger partial charge on any atom is 0.319 e. The van der Waals surface area contributed by atoms with Crippen molar-refractivity contribution in [1.82, 2.24) is 5.32 Å². The normalized spacial score (nSPS) is 10.8. The van der Waals surface area contributed by atoms with Crippen molar-refractivity contribution in [2.24, 2.45) is 0 Å². The van der Waals surface area contributed by atoms with Gasteiger partial charge in [-0.25, -0.2) is 4.79 Å². The van der Waals surface area contributed by atoms with Crippen molar-refractivity contribution in [3.05, 3.63) is 71.3 Å². The first-order chi connectivity index (χ1) is 11.4. The molecule has 24 heavy (non-hydrogen) atoms. The van der Waals surface area contributed by atoms with Crippen molar-refractivity contribution in [2.45, 2.75) is 26.8 Å². The van der Waals surface area contributed by atoms with Gasteiger partial charge in [-0.1, -0.05) is 35.9 Å². The van der Waals surface area contributed by atoms with E-state index in [9.17, 15) is 9.59 Å². The summed E-state index contributed by atoms with van der Waals surface area (Å²) >= 11 is 0.